The topological polar surface area (TPSA) is 134 Å². The van der Waals surface area contributed by atoms with Crippen LogP contribution in [0.3, 0.4) is 0 Å². The average Bonchev–Trinajstić information content (AvgIpc) is 2.35. The van der Waals surface area contributed by atoms with Gasteiger partial charge in [-0.15, -0.1) is 0 Å². The molecule has 0 radical (unpaired) electrons. The van der Waals surface area contributed by atoms with E-state index < -0.39 is 22.2 Å². The Morgan fingerprint density at radius 1 is 1.50 bits per heavy atom. The predicted octanol–water partition coefficient (Wildman–Crippen LogP) is -1.58. The summed E-state index contributed by atoms with van der Waals surface area (Å²) in [4.78, 5) is 14.2. The number of pyridine rings is 1. The molecule has 18 heavy (non-hydrogen) atoms. The van der Waals surface area contributed by atoms with Crippen molar-refractivity contribution in [1.82, 2.24) is 14.4 Å². The zero-order valence-corrected chi connectivity index (χ0v) is 10.2. The van der Waals surface area contributed by atoms with E-state index in [0.29, 0.717) is 5.56 Å². The van der Waals surface area contributed by atoms with Gasteiger partial charge in [0.1, 0.15) is 6.04 Å². The average molecular weight is 274 g/mol. The summed E-state index contributed by atoms with van der Waals surface area (Å²) in [5, 5.41) is 8.50. The monoisotopic (exact) mass is 274 g/mol. The molecule has 0 aliphatic carbocycles. The van der Waals surface area contributed by atoms with Crippen LogP contribution >= 0.6 is 0 Å². The van der Waals surface area contributed by atoms with E-state index in [2.05, 4.69) is 9.71 Å². The van der Waals surface area contributed by atoms with Crippen LogP contribution in [0.25, 0.3) is 0 Å². The van der Waals surface area contributed by atoms with Crippen LogP contribution in [-0.4, -0.2) is 37.1 Å². The summed E-state index contributed by atoms with van der Waals surface area (Å²) in [5.41, 5.74) is 5.85. The first-order chi connectivity index (χ1) is 8.41. The van der Waals surface area contributed by atoms with Crippen LogP contribution in [0.4, 0.5) is 0 Å². The van der Waals surface area contributed by atoms with Crippen molar-refractivity contribution in [3.05, 3.63) is 30.1 Å². The first kappa shape index (κ1) is 14.5. The Morgan fingerprint density at radius 2 is 2.22 bits per heavy atom. The van der Waals surface area contributed by atoms with E-state index in [9.17, 15) is 13.2 Å². The molecule has 8 nitrogen and oxygen atoms in total. The van der Waals surface area contributed by atoms with E-state index in [1.807, 2.05) is 4.72 Å². The highest BCUT2D eigenvalue weighted by molar-refractivity contribution is 7.87. The molecule has 1 atom stereocenters. The van der Waals surface area contributed by atoms with Crippen molar-refractivity contribution in [2.45, 2.75) is 12.6 Å². The Bertz CT molecular complexity index is 491. The molecule has 0 aliphatic rings. The van der Waals surface area contributed by atoms with Gasteiger partial charge in [0.05, 0.1) is 0 Å². The minimum absolute atomic E-state index is 0.0610. The Morgan fingerprint density at radius 3 is 2.78 bits per heavy atom. The van der Waals surface area contributed by atoms with Gasteiger partial charge in [0, 0.05) is 25.5 Å². The third-order valence-electron chi connectivity index (χ3n) is 2.00. The quantitative estimate of drug-likeness (QED) is 0.474. The van der Waals surface area contributed by atoms with Crippen molar-refractivity contribution in [3.63, 3.8) is 0 Å². The largest absolute Gasteiger partial charge is 0.480 e. The molecule has 0 amide bonds. The number of rotatable bonds is 7. The van der Waals surface area contributed by atoms with Crippen LogP contribution in [0.15, 0.2) is 24.5 Å². The zero-order valence-electron chi connectivity index (χ0n) is 9.41. The molecular formula is C9H14N4O4S. The van der Waals surface area contributed by atoms with Gasteiger partial charge in [-0.25, -0.2) is 4.72 Å². The molecule has 0 spiro atoms. The SMILES string of the molecule is N[C@@H](CNS(=O)(=O)NCc1cccnc1)C(=O)O. The summed E-state index contributed by atoms with van der Waals surface area (Å²) >= 11 is 0. The van der Waals surface area contributed by atoms with Crippen molar-refractivity contribution >= 4 is 16.2 Å². The molecule has 0 aliphatic heterocycles. The molecule has 0 saturated heterocycles. The zero-order chi connectivity index (χ0) is 13.6. The Balaban J connectivity index is 2.43. The van der Waals surface area contributed by atoms with Crippen LogP contribution < -0.4 is 15.2 Å². The van der Waals surface area contributed by atoms with Gasteiger partial charge in [-0.2, -0.15) is 13.1 Å². The molecule has 0 unspecified atom stereocenters. The molecule has 1 aromatic heterocycles. The lowest BCUT2D eigenvalue weighted by atomic mass is 10.3. The van der Waals surface area contributed by atoms with E-state index >= 15 is 0 Å². The van der Waals surface area contributed by atoms with E-state index in [0.717, 1.165) is 0 Å². The summed E-state index contributed by atoms with van der Waals surface area (Å²) in [7, 11) is -3.78. The Hall–Kier alpha value is -1.55. The van der Waals surface area contributed by atoms with Crippen LogP contribution in [0.1, 0.15) is 5.56 Å². The van der Waals surface area contributed by atoms with Gasteiger partial charge >= 0.3 is 5.97 Å². The minimum atomic E-state index is -3.78. The van der Waals surface area contributed by atoms with Crippen LogP contribution in [0.5, 0.6) is 0 Å². The number of nitrogens with one attached hydrogen (secondary N) is 2. The van der Waals surface area contributed by atoms with Gasteiger partial charge in [0.25, 0.3) is 10.2 Å². The molecule has 100 valence electrons. The van der Waals surface area contributed by atoms with Gasteiger partial charge in [-0.1, -0.05) is 6.07 Å². The highest BCUT2D eigenvalue weighted by atomic mass is 32.2. The molecule has 0 bridgehead atoms. The van der Waals surface area contributed by atoms with Gasteiger partial charge in [0.15, 0.2) is 0 Å². The van der Waals surface area contributed by atoms with Crippen molar-refractivity contribution < 1.29 is 18.3 Å². The second-order valence-electron chi connectivity index (χ2n) is 3.48. The second kappa shape index (κ2) is 6.40. The van der Waals surface area contributed by atoms with Gasteiger partial charge < -0.3 is 10.8 Å². The number of aromatic nitrogens is 1. The lowest BCUT2D eigenvalue weighted by Crippen LogP contribution is -2.46. The fraction of sp³-hybridized carbons (Fsp3) is 0.333. The normalized spacial score (nSPS) is 13.2. The summed E-state index contributed by atoms with van der Waals surface area (Å²) in [6.07, 6.45) is 3.09. The van der Waals surface area contributed by atoms with Crippen molar-refractivity contribution in [1.29, 1.82) is 0 Å². The molecule has 0 saturated carbocycles. The van der Waals surface area contributed by atoms with E-state index in [1.54, 1.807) is 18.3 Å². The number of carboxylic acid groups (broad SMARTS) is 1. The van der Waals surface area contributed by atoms with Crippen molar-refractivity contribution in [2.24, 2.45) is 5.73 Å². The Kier molecular flexibility index (Phi) is 5.16. The Labute approximate surface area is 104 Å². The molecule has 9 heteroatoms. The van der Waals surface area contributed by atoms with Crippen LogP contribution in [-0.2, 0) is 21.5 Å². The van der Waals surface area contributed by atoms with E-state index in [1.165, 1.54) is 6.20 Å². The van der Waals surface area contributed by atoms with Gasteiger partial charge in [-0.3, -0.25) is 9.78 Å². The third-order valence-corrected chi connectivity index (χ3v) is 3.07. The number of nitrogens with zero attached hydrogens (tertiary/aromatic N) is 1. The van der Waals surface area contributed by atoms with Crippen LogP contribution in [0.2, 0.25) is 0 Å². The lowest BCUT2D eigenvalue weighted by Gasteiger charge is -2.10. The number of nitrogens with two attached hydrogens (primary N) is 1. The maximum atomic E-state index is 11.4. The summed E-state index contributed by atoms with van der Waals surface area (Å²) in [6.45, 7) is -0.316. The van der Waals surface area contributed by atoms with E-state index in [4.69, 9.17) is 10.8 Å². The highest BCUT2D eigenvalue weighted by Gasteiger charge is 2.15. The first-order valence-corrected chi connectivity index (χ1v) is 6.50. The maximum absolute atomic E-state index is 11.4. The molecule has 5 N–H and O–H groups in total. The summed E-state index contributed by atoms with van der Waals surface area (Å²) in [5.74, 6) is -1.27. The number of hydrogen-bond donors (Lipinski definition) is 4. The molecule has 1 rings (SSSR count). The van der Waals surface area contributed by atoms with E-state index in [-0.39, 0.29) is 13.1 Å². The van der Waals surface area contributed by atoms with Crippen LogP contribution in [0, 0.1) is 0 Å². The number of carbonyl (C=O) groups is 1. The first-order valence-electron chi connectivity index (χ1n) is 5.02. The molecule has 1 aromatic rings. The maximum Gasteiger partial charge on any atom is 0.321 e. The fourth-order valence-corrected chi connectivity index (χ4v) is 1.88. The van der Waals surface area contributed by atoms with Crippen molar-refractivity contribution in [2.75, 3.05) is 6.54 Å². The summed E-state index contributed by atoms with van der Waals surface area (Å²) in [6, 6.07) is 2.11. The third kappa shape index (κ3) is 5.19. The fourth-order valence-electron chi connectivity index (χ4n) is 1.02. The molecule has 0 fully saturated rings. The standard InChI is InChI=1S/C9H14N4O4S/c10-8(9(14)15)6-13-18(16,17)12-5-7-2-1-3-11-4-7/h1-4,8,12-13H,5-6,10H2,(H,14,15)/t8-/m0/s1. The molecule has 1 heterocycles. The minimum Gasteiger partial charge on any atom is -0.480 e. The number of hydrogen-bond acceptors (Lipinski definition) is 5. The second-order valence-corrected chi connectivity index (χ2v) is 5.06. The number of carboxylic acids is 1. The highest BCUT2D eigenvalue weighted by Crippen LogP contribution is 1.95. The predicted molar refractivity (Wildman–Crippen MR) is 63.6 cm³/mol. The van der Waals surface area contributed by atoms with Gasteiger partial charge in [0.2, 0.25) is 0 Å². The lowest BCUT2D eigenvalue weighted by molar-refractivity contribution is -0.138. The smallest absolute Gasteiger partial charge is 0.321 e. The molecular weight excluding hydrogens is 260 g/mol. The van der Waals surface area contributed by atoms with Crippen molar-refractivity contribution in [3.8, 4) is 0 Å². The van der Waals surface area contributed by atoms with Gasteiger partial charge in [-0.05, 0) is 11.6 Å². The number of aliphatic carboxylic acids is 1. The summed E-state index contributed by atoms with van der Waals surface area (Å²) < 4.78 is 27.2. The molecule has 0 aromatic carbocycles.